The van der Waals surface area contributed by atoms with Crippen LogP contribution >= 0.6 is 12.2 Å². The molecule has 3 nitrogen and oxygen atoms in total. The van der Waals surface area contributed by atoms with Gasteiger partial charge in [-0.25, -0.2) is 0 Å². The quantitative estimate of drug-likeness (QED) is 0.634. The lowest BCUT2D eigenvalue weighted by Gasteiger charge is -2.42. The minimum absolute atomic E-state index is 0.245. The number of hydrogen-bond donors (Lipinski definition) is 1. The molecule has 0 bridgehead atoms. The van der Waals surface area contributed by atoms with Gasteiger partial charge < -0.3 is 10.6 Å². The maximum Gasteiger partial charge on any atom is 0.235 e. The third-order valence-electron chi connectivity index (χ3n) is 5.35. The fourth-order valence-corrected chi connectivity index (χ4v) is 4.37. The van der Waals surface area contributed by atoms with Gasteiger partial charge in [0.2, 0.25) is 5.91 Å². The number of rotatable bonds is 4. The molecule has 4 heteroatoms. The first-order valence-corrected chi connectivity index (χ1v) is 9.13. The zero-order valence-electron chi connectivity index (χ0n) is 13.4. The van der Waals surface area contributed by atoms with Crippen molar-refractivity contribution in [2.75, 3.05) is 6.54 Å². The molecule has 1 unspecified atom stereocenters. The first-order chi connectivity index (χ1) is 10.1. The van der Waals surface area contributed by atoms with Crippen molar-refractivity contribution >= 4 is 23.1 Å². The van der Waals surface area contributed by atoms with Crippen LogP contribution < -0.4 is 5.73 Å². The number of amides is 1. The molecule has 1 saturated carbocycles. The highest BCUT2D eigenvalue weighted by atomic mass is 32.1. The van der Waals surface area contributed by atoms with Crippen LogP contribution in [0.1, 0.15) is 77.6 Å². The van der Waals surface area contributed by atoms with Gasteiger partial charge in [0.25, 0.3) is 0 Å². The second-order valence-corrected chi connectivity index (χ2v) is 7.24. The number of carbonyl (C=O) groups is 1. The first-order valence-electron chi connectivity index (χ1n) is 8.73. The monoisotopic (exact) mass is 310 g/mol. The molecule has 2 N–H and O–H groups in total. The maximum atomic E-state index is 13.3. The fourth-order valence-electron chi connectivity index (χ4n) is 4.07. The summed E-state index contributed by atoms with van der Waals surface area (Å²) in [5.41, 5.74) is 5.54. The minimum Gasteiger partial charge on any atom is -0.392 e. The van der Waals surface area contributed by atoms with Gasteiger partial charge >= 0.3 is 0 Å². The number of piperidine rings is 1. The van der Waals surface area contributed by atoms with Gasteiger partial charge in [0.15, 0.2) is 0 Å². The molecule has 1 aliphatic carbocycles. The van der Waals surface area contributed by atoms with Crippen molar-refractivity contribution in [1.29, 1.82) is 0 Å². The number of nitrogens with zero attached hydrogens (tertiary/aromatic N) is 1. The molecule has 2 rings (SSSR count). The molecule has 1 amide bonds. The lowest BCUT2D eigenvalue weighted by Crippen LogP contribution is -2.54. The Morgan fingerprint density at radius 3 is 2.43 bits per heavy atom. The molecule has 1 heterocycles. The molecule has 1 saturated heterocycles. The van der Waals surface area contributed by atoms with Crippen LogP contribution in [0.15, 0.2) is 0 Å². The van der Waals surface area contributed by atoms with E-state index in [0.717, 1.165) is 57.9 Å². The van der Waals surface area contributed by atoms with Gasteiger partial charge in [-0.15, -0.1) is 0 Å². The summed E-state index contributed by atoms with van der Waals surface area (Å²) in [6.45, 7) is 3.10. The van der Waals surface area contributed by atoms with Crippen LogP contribution in [0, 0.1) is 5.41 Å². The normalized spacial score (nSPS) is 26.1. The van der Waals surface area contributed by atoms with Crippen molar-refractivity contribution in [2.24, 2.45) is 11.1 Å². The number of carbonyl (C=O) groups excluding carboxylic acids is 1. The summed E-state index contributed by atoms with van der Waals surface area (Å²) in [4.78, 5) is 15.9. The average Bonchev–Trinajstić information content (AvgIpc) is 2.74. The second kappa shape index (κ2) is 7.57. The van der Waals surface area contributed by atoms with Crippen LogP contribution in [-0.4, -0.2) is 28.4 Å². The van der Waals surface area contributed by atoms with E-state index in [0.29, 0.717) is 11.0 Å². The highest BCUT2D eigenvalue weighted by Gasteiger charge is 2.45. The van der Waals surface area contributed by atoms with E-state index >= 15 is 0 Å². The zero-order valence-corrected chi connectivity index (χ0v) is 14.2. The van der Waals surface area contributed by atoms with E-state index in [-0.39, 0.29) is 5.91 Å². The Balaban J connectivity index is 2.21. The molecule has 21 heavy (non-hydrogen) atoms. The lowest BCUT2D eigenvalue weighted by molar-refractivity contribution is -0.143. The summed E-state index contributed by atoms with van der Waals surface area (Å²) in [5, 5.41) is 0. The van der Waals surface area contributed by atoms with Gasteiger partial charge in [-0.2, -0.15) is 0 Å². The molecule has 120 valence electrons. The number of likely N-dealkylation sites (tertiary alicyclic amines) is 1. The maximum absolute atomic E-state index is 13.3. The Kier molecular flexibility index (Phi) is 6.03. The predicted octanol–water partition coefficient (Wildman–Crippen LogP) is 3.79. The Hall–Kier alpha value is -0.640. The molecule has 2 fully saturated rings. The standard InChI is InChI=1S/C17H30N2OS/c1-2-9-14-10-5-8-13-19(14)16(20)17(15(18)21)11-6-3-4-7-12-17/h14H,2-13H2,1H3,(H2,18,21). The van der Waals surface area contributed by atoms with Crippen LogP contribution in [0.2, 0.25) is 0 Å². The minimum atomic E-state index is -0.546. The van der Waals surface area contributed by atoms with Crippen molar-refractivity contribution in [3.05, 3.63) is 0 Å². The van der Waals surface area contributed by atoms with Crippen LogP contribution in [-0.2, 0) is 4.79 Å². The molecule has 1 atom stereocenters. The van der Waals surface area contributed by atoms with Gasteiger partial charge in [0, 0.05) is 12.6 Å². The second-order valence-electron chi connectivity index (χ2n) is 6.80. The zero-order chi connectivity index (χ0) is 15.3. The van der Waals surface area contributed by atoms with Gasteiger partial charge in [0.1, 0.15) is 0 Å². The molecule has 2 aliphatic rings. The van der Waals surface area contributed by atoms with E-state index in [9.17, 15) is 4.79 Å². The molecule has 1 aliphatic heterocycles. The summed E-state index contributed by atoms with van der Waals surface area (Å²) >= 11 is 5.37. The van der Waals surface area contributed by atoms with Crippen LogP contribution in [0.3, 0.4) is 0 Å². The Morgan fingerprint density at radius 2 is 1.86 bits per heavy atom. The third kappa shape index (κ3) is 3.58. The van der Waals surface area contributed by atoms with Crippen molar-refractivity contribution in [2.45, 2.75) is 83.6 Å². The van der Waals surface area contributed by atoms with Crippen molar-refractivity contribution in [1.82, 2.24) is 4.90 Å². The molecular formula is C17H30N2OS. The molecular weight excluding hydrogens is 280 g/mol. The van der Waals surface area contributed by atoms with Crippen LogP contribution in [0.4, 0.5) is 0 Å². The van der Waals surface area contributed by atoms with Crippen LogP contribution in [0.5, 0.6) is 0 Å². The highest BCUT2D eigenvalue weighted by Crippen LogP contribution is 2.39. The first kappa shape index (κ1) is 16.7. The lowest BCUT2D eigenvalue weighted by atomic mass is 9.77. The van der Waals surface area contributed by atoms with E-state index < -0.39 is 5.41 Å². The largest absolute Gasteiger partial charge is 0.392 e. The summed E-state index contributed by atoms with van der Waals surface area (Å²) in [6, 6.07) is 0.408. The van der Waals surface area contributed by atoms with Gasteiger partial charge in [-0.05, 0) is 38.5 Å². The van der Waals surface area contributed by atoms with E-state index in [2.05, 4.69) is 11.8 Å². The highest BCUT2D eigenvalue weighted by molar-refractivity contribution is 7.80. The fraction of sp³-hybridized carbons (Fsp3) is 0.882. The van der Waals surface area contributed by atoms with Crippen LogP contribution in [0.25, 0.3) is 0 Å². The van der Waals surface area contributed by atoms with E-state index in [4.69, 9.17) is 18.0 Å². The summed E-state index contributed by atoms with van der Waals surface area (Å²) in [7, 11) is 0. The smallest absolute Gasteiger partial charge is 0.235 e. The summed E-state index contributed by atoms with van der Waals surface area (Å²) in [6.07, 6.45) is 12.0. The molecule has 0 aromatic rings. The van der Waals surface area contributed by atoms with E-state index in [1.807, 2.05) is 0 Å². The van der Waals surface area contributed by atoms with Gasteiger partial charge in [0.05, 0.1) is 10.4 Å². The van der Waals surface area contributed by atoms with Gasteiger partial charge in [-0.3, -0.25) is 4.79 Å². The average molecular weight is 311 g/mol. The predicted molar refractivity (Wildman–Crippen MR) is 91.2 cm³/mol. The van der Waals surface area contributed by atoms with Crippen molar-refractivity contribution in [3.8, 4) is 0 Å². The van der Waals surface area contributed by atoms with E-state index in [1.165, 1.54) is 19.3 Å². The Bertz CT molecular complexity index is 373. The van der Waals surface area contributed by atoms with Crippen molar-refractivity contribution in [3.63, 3.8) is 0 Å². The summed E-state index contributed by atoms with van der Waals surface area (Å²) in [5.74, 6) is 0.245. The van der Waals surface area contributed by atoms with Crippen molar-refractivity contribution < 1.29 is 4.79 Å². The molecule has 0 radical (unpaired) electrons. The number of thiocarbonyl (C=S) groups is 1. The SMILES string of the molecule is CCCC1CCCCN1C(=O)C1(C(N)=S)CCCCCC1. The van der Waals surface area contributed by atoms with E-state index in [1.54, 1.807) is 0 Å². The number of nitrogens with two attached hydrogens (primary N) is 1. The number of hydrogen-bond acceptors (Lipinski definition) is 2. The molecule has 0 aromatic heterocycles. The third-order valence-corrected chi connectivity index (χ3v) is 5.74. The Labute approximate surface area is 134 Å². The molecule has 0 aromatic carbocycles. The Morgan fingerprint density at radius 1 is 1.19 bits per heavy atom. The topological polar surface area (TPSA) is 46.3 Å². The summed E-state index contributed by atoms with van der Waals surface area (Å²) < 4.78 is 0. The molecule has 0 spiro atoms. The van der Waals surface area contributed by atoms with Gasteiger partial charge in [-0.1, -0.05) is 51.2 Å².